The molecule has 0 aromatic heterocycles. The molecule has 0 saturated carbocycles. The number of carbonyl (C=O) groups excluding carboxylic acids is 1. The van der Waals surface area contributed by atoms with Crippen LogP contribution in [0.15, 0.2) is 12.1 Å². The maximum atomic E-state index is 13.6. The quantitative estimate of drug-likeness (QED) is 0.741. The summed E-state index contributed by atoms with van der Waals surface area (Å²) in [6.07, 6.45) is 0. The van der Waals surface area contributed by atoms with Crippen LogP contribution in [-0.4, -0.2) is 11.4 Å². The van der Waals surface area contributed by atoms with E-state index in [9.17, 15) is 9.18 Å². The van der Waals surface area contributed by atoms with Gasteiger partial charge in [0.25, 0.3) is 0 Å². The molecule has 0 bridgehead atoms. The number of hydrogen-bond acceptors (Lipinski definition) is 2. The molecule has 0 radical (unpaired) electrons. The summed E-state index contributed by atoms with van der Waals surface area (Å²) >= 11 is 0. The van der Waals surface area contributed by atoms with Crippen LogP contribution in [0.4, 0.5) is 15.8 Å². The van der Waals surface area contributed by atoms with E-state index >= 15 is 0 Å². The van der Waals surface area contributed by atoms with Gasteiger partial charge in [0.15, 0.2) is 0 Å². The van der Waals surface area contributed by atoms with E-state index in [-0.39, 0.29) is 11.7 Å². The molecule has 1 aliphatic rings. The average molecular weight is 250 g/mol. The van der Waals surface area contributed by atoms with Crippen LogP contribution in [0.25, 0.3) is 0 Å². The second kappa shape index (κ2) is 3.70. The minimum Gasteiger partial charge on any atom is -0.377 e. The Morgan fingerprint density at radius 1 is 1.11 bits per heavy atom. The topological polar surface area (TPSA) is 41.1 Å². The van der Waals surface area contributed by atoms with Crippen LogP contribution < -0.4 is 10.6 Å². The molecule has 0 unspecified atom stereocenters. The standard InChI is InChI=1S/C14H19FN2O/c1-8-6-11-10(7-9(8)15)16-12(18)13(2,3)14(4,5)17-11/h6-7,17H,1-5H3,(H,16,18). The summed E-state index contributed by atoms with van der Waals surface area (Å²) in [4.78, 5) is 12.2. The van der Waals surface area contributed by atoms with Crippen molar-refractivity contribution < 1.29 is 9.18 Å². The monoisotopic (exact) mass is 250 g/mol. The molecule has 98 valence electrons. The molecule has 1 aliphatic heterocycles. The Balaban J connectivity index is 2.59. The maximum absolute atomic E-state index is 13.6. The van der Waals surface area contributed by atoms with Crippen LogP contribution in [0.2, 0.25) is 0 Å². The lowest BCUT2D eigenvalue weighted by molar-refractivity contribution is -0.126. The summed E-state index contributed by atoms with van der Waals surface area (Å²) in [6.45, 7) is 9.41. The Labute approximate surface area is 107 Å². The molecule has 0 spiro atoms. The van der Waals surface area contributed by atoms with Crippen LogP contribution in [0, 0.1) is 18.2 Å². The van der Waals surface area contributed by atoms with Gasteiger partial charge in [-0.1, -0.05) is 0 Å². The van der Waals surface area contributed by atoms with Gasteiger partial charge >= 0.3 is 0 Å². The number of carbonyl (C=O) groups is 1. The van der Waals surface area contributed by atoms with E-state index in [4.69, 9.17) is 0 Å². The molecule has 2 rings (SSSR count). The first-order valence-electron chi connectivity index (χ1n) is 6.05. The van der Waals surface area contributed by atoms with Gasteiger partial charge in [-0.15, -0.1) is 0 Å². The molecule has 0 aliphatic carbocycles. The smallest absolute Gasteiger partial charge is 0.232 e. The number of fused-ring (bicyclic) bond motifs is 1. The molecule has 1 amide bonds. The molecule has 4 heteroatoms. The fraction of sp³-hybridized carbons (Fsp3) is 0.500. The Morgan fingerprint density at radius 2 is 1.72 bits per heavy atom. The van der Waals surface area contributed by atoms with Gasteiger partial charge in [0.2, 0.25) is 5.91 Å². The van der Waals surface area contributed by atoms with Crippen molar-refractivity contribution in [2.75, 3.05) is 10.6 Å². The highest BCUT2D eigenvalue weighted by atomic mass is 19.1. The molecule has 0 fully saturated rings. The molecule has 18 heavy (non-hydrogen) atoms. The Bertz CT molecular complexity index is 521. The Hall–Kier alpha value is -1.58. The van der Waals surface area contributed by atoms with Crippen molar-refractivity contribution in [1.82, 2.24) is 0 Å². The number of nitrogens with one attached hydrogen (secondary N) is 2. The summed E-state index contributed by atoms with van der Waals surface area (Å²) in [5, 5.41) is 6.13. The third kappa shape index (κ3) is 1.76. The number of anilines is 2. The van der Waals surface area contributed by atoms with E-state index < -0.39 is 11.0 Å². The van der Waals surface area contributed by atoms with Crippen LogP contribution in [0.3, 0.4) is 0 Å². The fourth-order valence-electron chi connectivity index (χ4n) is 1.94. The predicted molar refractivity (Wildman–Crippen MR) is 71.2 cm³/mol. The van der Waals surface area contributed by atoms with Gasteiger partial charge in [-0.25, -0.2) is 4.39 Å². The third-order valence-corrected chi connectivity index (χ3v) is 4.12. The summed E-state index contributed by atoms with van der Waals surface area (Å²) in [6, 6.07) is 3.10. The highest BCUT2D eigenvalue weighted by Crippen LogP contribution is 2.40. The lowest BCUT2D eigenvalue weighted by atomic mass is 9.74. The first-order chi connectivity index (χ1) is 8.15. The van der Waals surface area contributed by atoms with Crippen LogP contribution >= 0.6 is 0 Å². The summed E-state index contributed by atoms with van der Waals surface area (Å²) in [5.41, 5.74) is 0.800. The lowest BCUT2D eigenvalue weighted by Gasteiger charge is -2.39. The van der Waals surface area contributed by atoms with E-state index in [0.717, 1.165) is 5.69 Å². The number of halogens is 1. The van der Waals surface area contributed by atoms with Crippen LogP contribution in [0.5, 0.6) is 0 Å². The van der Waals surface area contributed by atoms with Crippen molar-refractivity contribution in [2.45, 2.75) is 40.2 Å². The van der Waals surface area contributed by atoms with E-state index in [1.807, 2.05) is 27.7 Å². The summed E-state index contributed by atoms with van der Waals surface area (Å²) in [5.74, 6) is -0.421. The average Bonchev–Trinajstić information content (AvgIpc) is 2.28. The number of benzene rings is 1. The predicted octanol–water partition coefficient (Wildman–Crippen LogP) is 3.30. The minimum atomic E-state index is -0.601. The third-order valence-electron chi connectivity index (χ3n) is 4.12. The van der Waals surface area contributed by atoms with Gasteiger partial charge in [0.05, 0.1) is 16.8 Å². The number of aryl methyl sites for hydroxylation is 1. The van der Waals surface area contributed by atoms with Crippen molar-refractivity contribution in [2.24, 2.45) is 5.41 Å². The number of hydrogen-bond donors (Lipinski definition) is 2. The van der Waals surface area contributed by atoms with Crippen LogP contribution in [-0.2, 0) is 4.79 Å². The van der Waals surface area contributed by atoms with Crippen molar-refractivity contribution in [3.8, 4) is 0 Å². The van der Waals surface area contributed by atoms with Crippen molar-refractivity contribution in [3.63, 3.8) is 0 Å². The molecule has 3 nitrogen and oxygen atoms in total. The van der Waals surface area contributed by atoms with Gasteiger partial charge in [-0.3, -0.25) is 4.79 Å². The maximum Gasteiger partial charge on any atom is 0.232 e. The number of rotatable bonds is 0. The van der Waals surface area contributed by atoms with Gasteiger partial charge in [-0.2, -0.15) is 0 Å². The van der Waals surface area contributed by atoms with Gasteiger partial charge in [0.1, 0.15) is 5.82 Å². The van der Waals surface area contributed by atoms with E-state index in [0.29, 0.717) is 11.3 Å². The molecule has 1 aromatic rings. The highest BCUT2D eigenvalue weighted by molar-refractivity contribution is 6.00. The first kappa shape index (κ1) is 12.9. The lowest BCUT2D eigenvalue weighted by Crippen LogP contribution is -2.50. The van der Waals surface area contributed by atoms with Gasteiger partial charge < -0.3 is 10.6 Å². The fourth-order valence-corrected chi connectivity index (χ4v) is 1.94. The minimum absolute atomic E-state index is 0.109. The van der Waals surface area contributed by atoms with E-state index in [2.05, 4.69) is 10.6 Å². The zero-order valence-electron chi connectivity index (χ0n) is 11.4. The second-order valence-electron chi connectivity index (χ2n) is 5.98. The Morgan fingerprint density at radius 3 is 2.33 bits per heavy atom. The molecule has 1 heterocycles. The molecular weight excluding hydrogens is 231 g/mol. The normalized spacial score (nSPS) is 20.4. The Kier molecular flexibility index (Phi) is 2.65. The van der Waals surface area contributed by atoms with Gasteiger partial charge in [0, 0.05) is 5.54 Å². The summed E-state index contributed by atoms with van der Waals surface area (Å²) in [7, 11) is 0. The molecule has 1 aromatic carbocycles. The van der Waals surface area contributed by atoms with E-state index in [1.165, 1.54) is 6.07 Å². The van der Waals surface area contributed by atoms with Crippen LogP contribution in [0.1, 0.15) is 33.3 Å². The SMILES string of the molecule is Cc1cc2c(cc1F)NC(=O)C(C)(C)C(C)(C)N2. The summed E-state index contributed by atoms with van der Waals surface area (Å²) < 4.78 is 13.6. The highest BCUT2D eigenvalue weighted by Gasteiger charge is 2.45. The number of amides is 1. The zero-order chi connectivity index (χ0) is 13.7. The molecule has 0 saturated heterocycles. The second-order valence-corrected chi connectivity index (χ2v) is 5.98. The van der Waals surface area contributed by atoms with Crippen molar-refractivity contribution >= 4 is 17.3 Å². The molecule has 0 atom stereocenters. The largest absolute Gasteiger partial charge is 0.377 e. The molecule has 2 N–H and O–H groups in total. The van der Waals surface area contributed by atoms with Gasteiger partial charge in [-0.05, 0) is 52.3 Å². The zero-order valence-corrected chi connectivity index (χ0v) is 11.4. The molecular formula is C14H19FN2O. The first-order valence-corrected chi connectivity index (χ1v) is 6.05. The van der Waals surface area contributed by atoms with Crippen molar-refractivity contribution in [1.29, 1.82) is 0 Å². The van der Waals surface area contributed by atoms with E-state index in [1.54, 1.807) is 13.0 Å². The van der Waals surface area contributed by atoms with Crippen molar-refractivity contribution in [3.05, 3.63) is 23.5 Å².